The summed E-state index contributed by atoms with van der Waals surface area (Å²) in [6, 6.07) is 11.1. The van der Waals surface area contributed by atoms with Crippen molar-refractivity contribution >= 4 is 11.9 Å². The Morgan fingerprint density at radius 2 is 1.64 bits per heavy atom. The Balaban J connectivity index is 2.30. The van der Waals surface area contributed by atoms with Gasteiger partial charge in [-0.25, -0.2) is 9.18 Å². The van der Waals surface area contributed by atoms with E-state index in [2.05, 4.69) is 9.47 Å². The minimum absolute atomic E-state index is 0.149. The zero-order chi connectivity index (χ0) is 16.1. The molecule has 2 rings (SSSR count). The Bertz CT molecular complexity index is 692. The molecule has 0 atom stereocenters. The van der Waals surface area contributed by atoms with E-state index < -0.39 is 11.8 Å². The summed E-state index contributed by atoms with van der Waals surface area (Å²) >= 11 is 0. The predicted molar refractivity (Wildman–Crippen MR) is 78.9 cm³/mol. The Morgan fingerprint density at radius 1 is 0.955 bits per heavy atom. The maximum Gasteiger partial charge on any atom is 0.337 e. The molecule has 0 unspecified atom stereocenters. The van der Waals surface area contributed by atoms with Crippen LogP contribution >= 0.6 is 0 Å². The van der Waals surface area contributed by atoms with Gasteiger partial charge in [0.15, 0.2) is 0 Å². The quantitative estimate of drug-likeness (QED) is 0.815. The van der Waals surface area contributed by atoms with Crippen LogP contribution in [-0.4, -0.2) is 26.2 Å². The maximum absolute atomic E-state index is 13.6. The van der Waals surface area contributed by atoms with Gasteiger partial charge in [-0.2, -0.15) is 0 Å². The molecule has 4 nitrogen and oxygen atoms in total. The van der Waals surface area contributed by atoms with Gasteiger partial charge in [-0.15, -0.1) is 0 Å². The fraction of sp³-hybridized carbons (Fsp3) is 0.176. The van der Waals surface area contributed by atoms with Gasteiger partial charge in [-0.3, -0.25) is 4.79 Å². The van der Waals surface area contributed by atoms with E-state index in [-0.39, 0.29) is 18.0 Å². The van der Waals surface area contributed by atoms with Gasteiger partial charge < -0.3 is 9.47 Å². The molecule has 0 aromatic heterocycles. The number of ether oxygens (including phenoxy) is 2. The number of hydrogen-bond donors (Lipinski definition) is 0. The van der Waals surface area contributed by atoms with Crippen molar-refractivity contribution in [1.29, 1.82) is 0 Å². The molecule has 114 valence electrons. The lowest BCUT2D eigenvalue weighted by atomic mass is 10.0. The summed E-state index contributed by atoms with van der Waals surface area (Å²) in [5, 5.41) is 0. The first-order valence-corrected chi connectivity index (χ1v) is 6.58. The number of esters is 2. The first kappa shape index (κ1) is 15.7. The second-order valence-electron chi connectivity index (χ2n) is 4.67. The SMILES string of the molecule is COC(=O)Cc1ccc(-c2cc(F)cc(C(=O)OC)c2)cc1. The highest BCUT2D eigenvalue weighted by Crippen LogP contribution is 2.23. The van der Waals surface area contributed by atoms with Gasteiger partial charge >= 0.3 is 11.9 Å². The molecule has 0 radical (unpaired) electrons. The van der Waals surface area contributed by atoms with Crippen molar-refractivity contribution in [3.8, 4) is 11.1 Å². The molecule has 0 heterocycles. The molecule has 22 heavy (non-hydrogen) atoms. The average Bonchev–Trinajstić information content (AvgIpc) is 2.54. The van der Waals surface area contributed by atoms with Gasteiger partial charge in [0.2, 0.25) is 0 Å². The largest absolute Gasteiger partial charge is 0.469 e. The molecule has 0 aliphatic rings. The normalized spacial score (nSPS) is 10.1. The Hall–Kier alpha value is -2.69. The van der Waals surface area contributed by atoms with E-state index in [1.54, 1.807) is 30.3 Å². The molecule has 5 heteroatoms. The lowest BCUT2D eigenvalue weighted by Gasteiger charge is -2.07. The summed E-state index contributed by atoms with van der Waals surface area (Å²) in [5.41, 5.74) is 2.24. The first-order valence-electron chi connectivity index (χ1n) is 6.58. The van der Waals surface area contributed by atoms with Gasteiger partial charge in [0, 0.05) is 0 Å². The summed E-state index contributed by atoms with van der Waals surface area (Å²) in [4.78, 5) is 22.7. The molecule has 2 aromatic rings. The average molecular weight is 302 g/mol. The van der Waals surface area contributed by atoms with E-state index >= 15 is 0 Å². The smallest absolute Gasteiger partial charge is 0.337 e. The zero-order valence-electron chi connectivity index (χ0n) is 12.3. The van der Waals surface area contributed by atoms with Crippen LogP contribution in [0.3, 0.4) is 0 Å². The summed E-state index contributed by atoms with van der Waals surface area (Å²) in [6.45, 7) is 0. The van der Waals surface area contributed by atoms with E-state index in [4.69, 9.17) is 0 Å². The lowest BCUT2D eigenvalue weighted by Crippen LogP contribution is -2.04. The summed E-state index contributed by atoms with van der Waals surface area (Å²) in [6.07, 6.45) is 0.174. The molecule has 0 saturated heterocycles. The highest BCUT2D eigenvalue weighted by molar-refractivity contribution is 5.91. The van der Waals surface area contributed by atoms with Crippen LogP contribution in [0, 0.1) is 5.82 Å². The van der Waals surface area contributed by atoms with Gasteiger partial charge in [0.05, 0.1) is 26.2 Å². The Kier molecular flexibility index (Phi) is 4.88. The topological polar surface area (TPSA) is 52.6 Å². The molecule has 2 aromatic carbocycles. The Morgan fingerprint density at radius 3 is 2.23 bits per heavy atom. The third kappa shape index (κ3) is 3.69. The maximum atomic E-state index is 13.6. The monoisotopic (exact) mass is 302 g/mol. The van der Waals surface area contributed by atoms with Gasteiger partial charge in [0.25, 0.3) is 0 Å². The fourth-order valence-electron chi connectivity index (χ4n) is 2.05. The molecule has 0 aliphatic carbocycles. The fourth-order valence-corrected chi connectivity index (χ4v) is 2.05. The van der Waals surface area contributed by atoms with E-state index in [1.807, 2.05) is 0 Å². The van der Waals surface area contributed by atoms with Crippen LogP contribution in [0.15, 0.2) is 42.5 Å². The van der Waals surface area contributed by atoms with Gasteiger partial charge in [-0.05, 0) is 34.9 Å². The molecular formula is C17H15FO4. The number of hydrogen-bond acceptors (Lipinski definition) is 4. The van der Waals surface area contributed by atoms with Crippen LogP contribution in [0.4, 0.5) is 4.39 Å². The number of benzene rings is 2. The van der Waals surface area contributed by atoms with E-state index in [0.29, 0.717) is 5.56 Å². The number of rotatable bonds is 4. The van der Waals surface area contributed by atoms with Crippen molar-refractivity contribution in [3.63, 3.8) is 0 Å². The molecular weight excluding hydrogens is 287 g/mol. The minimum Gasteiger partial charge on any atom is -0.469 e. The first-order chi connectivity index (χ1) is 10.5. The van der Waals surface area contributed by atoms with Crippen molar-refractivity contribution in [3.05, 3.63) is 59.4 Å². The van der Waals surface area contributed by atoms with Crippen LogP contribution in [-0.2, 0) is 20.7 Å². The second-order valence-corrected chi connectivity index (χ2v) is 4.67. The van der Waals surface area contributed by atoms with Crippen molar-refractivity contribution in [1.82, 2.24) is 0 Å². The predicted octanol–water partition coefficient (Wildman–Crippen LogP) is 2.99. The van der Waals surface area contributed by atoms with Crippen molar-refractivity contribution in [2.45, 2.75) is 6.42 Å². The zero-order valence-corrected chi connectivity index (χ0v) is 12.3. The molecule has 0 saturated carbocycles. The number of methoxy groups -OCH3 is 2. The van der Waals surface area contributed by atoms with Crippen LogP contribution in [0.1, 0.15) is 15.9 Å². The molecule has 0 amide bonds. The summed E-state index contributed by atoms with van der Waals surface area (Å²) in [7, 11) is 2.58. The molecule has 0 spiro atoms. The van der Waals surface area contributed by atoms with E-state index in [0.717, 1.165) is 17.2 Å². The standard InChI is InChI=1S/C17H15FO4/c1-21-16(19)7-11-3-5-12(6-4-11)13-8-14(17(20)22-2)10-15(18)9-13/h3-6,8-10H,7H2,1-2H3. The highest BCUT2D eigenvalue weighted by Gasteiger charge is 2.10. The van der Waals surface area contributed by atoms with Crippen LogP contribution in [0.5, 0.6) is 0 Å². The second kappa shape index (κ2) is 6.85. The van der Waals surface area contributed by atoms with E-state index in [9.17, 15) is 14.0 Å². The Labute approximate surface area is 127 Å². The summed E-state index contributed by atoms with van der Waals surface area (Å²) in [5.74, 6) is -1.44. The van der Waals surface area contributed by atoms with Crippen molar-refractivity contribution < 1.29 is 23.5 Å². The number of carbonyl (C=O) groups is 2. The van der Waals surface area contributed by atoms with Gasteiger partial charge in [0.1, 0.15) is 5.82 Å². The molecule has 0 fully saturated rings. The van der Waals surface area contributed by atoms with Crippen molar-refractivity contribution in [2.24, 2.45) is 0 Å². The number of halogens is 1. The molecule has 0 aliphatic heterocycles. The van der Waals surface area contributed by atoms with Crippen LogP contribution < -0.4 is 0 Å². The van der Waals surface area contributed by atoms with E-state index in [1.165, 1.54) is 20.3 Å². The highest BCUT2D eigenvalue weighted by atomic mass is 19.1. The molecule has 0 bridgehead atoms. The van der Waals surface area contributed by atoms with Crippen molar-refractivity contribution in [2.75, 3.05) is 14.2 Å². The number of carbonyl (C=O) groups excluding carboxylic acids is 2. The van der Waals surface area contributed by atoms with Gasteiger partial charge in [-0.1, -0.05) is 24.3 Å². The summed E-state index contributed by atoms with van der Waals surface area (Å²) < 4.78 is 22.8. The third-order valence-electron chi connectivity index (χ3n) is 3.18. The molecule has 0 N–H and O–H groups in total. The minimum atomic E-state index is -0.594. The van der Waals surface area contributed by atoms with Crippen LogP contribution in [0.25, 0.3) is 11.1 Å². The lowest BCUT2D eigenvalue weighted by molar-refractivity contribution is -0.139. The van der Waals surface area contributed by atoms with Crippen LogP contribution in [0.2, 0.25) is 0 Å². The third-order valence-corrected chi connectivity index (χ3v) is 3.18.